The standard InChI is InChI=1S/C21H18ClN3O3S/c1-3-9-25-20(28)17-8-7-15(22)11-18(17)24-21(25)29-12-19(27)23-16-6-4-5-14(10-16)13(2)26/h3-8,10-11H,1,9,12H2,2H3,(H,23,27). The largest absolute Gasteiger partial charge is 0.325 e. The lowest BCUT2D eigenvalue weighted by atomic mass is 10.1. The number of halogens is 1. The minimum absolute atomic E-state index is 0.0416. The number of carbonyl (C=O) groups excluding carboxylic acids is 2. The number of carbonyl (C=O) groups is 2. The van der Waals surface area contributed by atoms with E-state index in [4.69, 9.17) is 11.6 Å². The van der Waals surface area contributed by atoms with Crippen molar-refractivity contribution in [2.75, 3.05) is 11.1 Å². The lowest BCUT2D eigenvalue weighted by Gasteiger charge is -2.12. The van der Waals surface area contributed by atoms with Gasteiger partial charge in [0, 0.05) is 22.8 Å². The van der Waals surface area contributed by atoms with Crippen LogP contribution in [0.1, 0.15) is 17.3 Å². The lowest BCUT2D eigenvalue weighted by Crippen LogP contribution is -2.23. The van der Waals surface area contributed by atoms with Gasteiger partial charge in [0.1, 0.15) is 0 Å². The van der Waals surface area contributed by atoms with Gasteiger partial charge in [0.05, 0.1) is 16.7 Å². The number of hydrogen-bond donors (Lipinski definition) is 1. The van der Waals surface area contributed by atoms with Crippen LogP contribution in [0.2, 0.25) is 5.02 Å². The number of nitrogens with one attached hydrogen (secondary N) is 1. The van der Waals surface area contributed by atoms with E-state index in [1.54, 1.807) is 48.5 Å². The van der Waals surface area contributed by atoms with Crippen LogP contribution < -0.4 is 10.9 Å². The molecule has 3 aromatic rings. The highest BCUT2D eigenvalue weighted by molar-refractivity contribution is 7.99. The minimum Gasteiger partial charge on any atom is -0.325 e. The molecule has 148 valence electrons. The maximum atomic E-state index is 12.8. The first-order chi connectivity index (χ1) is 13.9. The lowest BCUT2D eigenvalue weighted by molar-refractivity contribution is -0.113. The summed E-state index contributed by atoms with van der Waals surface area (Å²) < 4.78 is 1.47. The van der Waals surface area contributed by atoms with E-state index in [0.29, 0.717) is 32.3 Å². The van der Waals surface area contributed by atoms with Crippen LogP contribution in [-0.4, -0.2) is 27.0 Å². The molecule has 0 aliphatic carbocycles. The molecular weight excluding hydrogens is 410 g/mol. The zero-order valence-corrected chi connectivity index (χ0v) is 17.2. The molecule has 0 spiro atoms. The van der Waals surface area contributed by atoms with Gasteiger partial charge in [-0.25, -0.2) is 4.98 Å². The normalized spacial score (nSPS) is 10.7. The number of fused-ring (bicyclic) bond motifs is 1. The van der Waals surface area contributed by atoms with Crippen LogP contribution in [0.25, 0.3) is 10.9 Å². The molecule has 1 N–H and O–H groups in total. The van der Waals surface area contributed by atoms with Crippen molar-refractivity contribution < 1.29 is 9.59 Å². The summed E-state index contributed by atoms with van der Waals surface area (Å²) in [6.07, 6.45) is 1.60. The van der Waals surface area contributed by atoms with Gasteiger partial charge >= 0.3 is 0 Å². The summed E-state index contributed by atoms with van der Waals surface area (Å²) in [6, 6.07) is 11.6. The maximum Gasteiger partial charge on any atom is 0.262 e. The van der Waals surface area contributed by atoms with Gasteiger partial charge in [-0.15, -0.1) is 6.58 Å². The molecule has 0 unspecified atom stereocenters. The first-order valence-electron chi connectivity index (χ1n) is 8.73. The minimum atomic E-state index is -0.277. The van der Waals surface area contributed by atoms with Crippen molar-refractivity contribution in [3.8, 4) is 0 Å². The number of aromatic nitrogens is 2. The summed E-state index contributed by atoms with van der Waals surface area (Å²) in [5.41, 5.74) is 1.30. The van der Waals surface area contributed by atoms with Crippen molar-refractivity contribution in [3.63, 3.8) is 0 Å². The van der Waals surface area contributed by atoms with E-state index in [0.717, 1.165) is 11.8 Å². The highest BCUT2D eigenvalue weighted by Gasteiger charge is 2.13. The molecule has 1 amide bonds. The molecule has 0 fully saturated rings. The molecule has 0 radical (unpaired) electrons. The Morgan fingerprint density at radius 1 is 1.28 bits per heavy atom. The Labute approximate surface area is 176 Å². The number of ketones is 1. The average molecular weight is 428 g/mol. The molecule has 2 aromatic carbocycles. The smallest absolute Gasteiger partial charge is 0.262 e. The van der Waals surface area contributed by atoms with Crippen LogP contribution >= 0.6 is 23.4 Å². The fourth-order valence-electron chi connectivity index (χ4n) is 2.72. The first-order valence-corrected chi connectivity index (χ1v) is 10.1. The zero-order chi connectivity index (χ0) is 21.0. The van der Waals surface area contributed by atoms with Gasteiger partial charge in [-0.3, -0.25) is 19.0 Å². The van der Waals surface area contributed by atoms with Crippen LogP contribution in [-0.2, 0) is 11.3 Å². The second-order valence-electron chi connectivity index (χ2n) is 6.23. The third-order valence-electron chi connectivity index (χ3n) is 4.08. The Bertz CT molecular complexity index is 1170. The van der Waals surface area contributed by atoms with Gasteiger partial charge in [-0.05, 0) is 37.3 Å². The van der Waals surface area contributed by atoms with E-state index in [-0.39, 0.29) is 29.5 Å². The number of Topliss-reactive ketones (excluding diaryl/α,β-unsaturated/α-hetero) is 1. The number of nitrogens with zero attached hydrogens (tertiary/aromatic N) is 2. The predicted octanol–water partition coefficient (Wildman–Crippen LogP) is 4.17. The Hall–Kier alpha value is -2.90. The van der Waals surface area contributed by atoms with Crippen LogP contribution in [0.4, 0.5) is 5.69 Å². The fraction of sp³-hybridized carbons (Fsp3) is 0.143. The number of hydrogen-bond acceptors (Lipinski definition) is 5. The summed E-state index contributed by atoms with van der Waals surface area (Å²) in [5, 5.41) is 4.08. The Morgan fingerprint density at radius 3 is 2.79 bits per heavy atom. The second-order valence-corrected chi connectivity index (χ2v) is 7.61. The molecule has 29 heavy (non-hydrogen) atoms. The average Bonchev–Trinajstić information content (AvgIpc) is 2.69. The van der Waals surface area contributed by atoms with Gasteiger partial charge in [0.2, 0.25) is 5.91 Å². The summed E-state index contributed by atoms with van der Waals surface area (Å²) in [5.74, 6) is -0.316. The highest BCUT2D eigenvalue weighted by Crippen LogP contribution is 2.21. The number of amides is 1. The van der Waals surface area contributed by atoms with E-state index in [1.807, 2.05) is 0 Å². The molecule has 0 atom stereocenters. The molecule has 0 aliphatic rings. The predicted molar refractivity (Wildman–Crippen MR) is 117 cm³/mol. The van der Waals surface area contributed by atoms with E-state index in [1.165, 1.54) is 11.5 Å². The zero-order valence-electron chi connectivity index (χ0n) is 15.6. The summed E-state index contributed by atoms with van der Waals surface area (Å²) in [4.78, 5) is 41.1. The SMILES string of the molecule is C=CCn1c(SCC(=O)Nc2cccc(C(C)=O)c2)nc2cc(Cl)ccc2c1=O. The van der Waals surface area contributed by atoms with Crippen molar-refractivity contribution in [2.45, 2.75) is 18.6 Å². The van der Waals surface area contributed by atoms with Gasteiger partial charge in [0.15, 0.2) is 10.9 Å². The van der Waals surface area contributed by atoms with Crippen molar-refractivity contribution in [1.82, 2.24) is 9.55 Å². The molecule has 0 aliphatic heterocycles. The number of allylic oxidation sites excluding steroid dienone is 1. The highest BCUT2D eigenvalue weighted by atomic mass is 35.5. The van der Waals surface area contributed by atoms with E-state index >= 15 is 0 Å². The molecule has 6 nitrogen and oxygen atoms in total. The quantitative estimate of drug-likeness (QED) is 0.265. The van der Waals surface area contributed by atoms with Gasteiger partial charge in [0.25, 0.3) is 5.56 Å². The van der Waals surface area contributed by atoms with Crippen LogP contribution in [0.5, 0.6) is 0 Å². The topological polar surface area (TPSA) is 81.1 Å². The molecular formula is C21H18ClN3O3S. The molecule has 1 aromatic heterocycles. The first kappa shape index (κ1) is 20.8. The third kappa shape index (κ3) is 4.93. The van der Waals surface area contributed by atoms with Gasteiger partial charge < -0.3 is 5.32 Å². The fourth-order valence-corrected chi connectivity index (χ4v) is 3.69. The Kier molecular flexibility index (Phi) is 6.51. The maximum absolute atomic E-state index is 12.8. The van der Waals surface area contributed by atoms with Crippen LogP contribution in [0.15, 0.2) is 65.1 Å². The second kappa shape index (κ2) is 9.07. The molecule has 3 rings (SSSR count). The summed E-state index contributed by atoms with van der Waals surface area (Å²) in [7, 11) is 0. The molecule has 0 saturated carbocycles. The Balaban J connectivity index is 1.82. The molecule has 8 heteroatoms. The van der Waals surface area contributed by atoms with Crippen molar-refractivity contribution >= 4 is 51.6 Å². The van der Waals surface area contributed by atoms with Gasteiger partial charge in [-0.1, -0.05) is 41.6 Å². The van der Waals surface area contributed by atoms with E-state index < -0.39 is 0 Å². The van der Waals surface area contributed by atoms with Crippen molar-refractivity contribution in [1.29, 1.82) is 0 Å². The van der Waals surface area contributed by atoms with Gasteiger partial charge in [-0.2, -0.15) is 0 Å². The summed E-state index contributed by atoms with van der Waals surface area (Å²) >= 11 is 7.16. The number of rotatable bonds is 7. The van der Waals surface area contributed by atoms with E-state index in [9.17, 15) is 14.4 Å². The monoisotopic (exact) mass is 427 g/mol. The van der Waals surface area contributed by atoms with Crippen molar-refractivity contribution in [2.24, 2.45) is 0 Å². The number of anilines is 1. The third-order valence-corrected chi connectivity index (χ3v) is 5.29. The molecule has 1 heterocycles. The van der Waals surface area contributed by atoms with Crippen LogP contribution in [0.3, 0.4) is 0 Å². The van der Waals surface area contributed by atoms with Crippen molar-refractivity contribution in [3.05, 3.63) is 76.1 Å². The molecule has 0 saturated heterocycles. The number of thioether (sulfide) groups is 1. The summed E-state index contributed by atoms with van der Waals surface area (Å²) in [6.45, 7) is 5.42. The van der Waals surface area contributed by atoms with E-state index in [2.05, 4.69) is 16.9 Å². The van der Waals surface area contributed by atoms with Crippen LogP contribution in [0, 0.1) is 0 Å². The Morgan fingerprint density at radius 2 is 2.07 bits per heavy atom. The number of benzene rings is 2. The molecule has 0 bridgehead atoms.